The first-order valence-electron chi connectivity index (χ1n) is 9.36. The Morgan fingerprint density at radius 1 is 1.37 bits per heavy atom. The number of nitrogens with one attached hydrogen (secondary N) is 1. The third kappa shape index (κ3) is 4.07. The van der Waals surface area contributed by atoms with Gasteiger partial charge in [0.2, 0.25) is 5.91 Å². The fourth-order valence-corrected chi connectivity index (χ4v) is 6.54. The van der Waals surface area contributed by atoms with E-state index >= 15 is 0 Å². The van der Waals surface area contributed by atoms with Gasteiger partial charge in [-0.15, -0.1) is 22.7 Å². The topological polar surface area (TPSA) is 110 Å². The summed E-state index contributed by atoms with van der Waals surface area (Å²) in [6.45, 7) is 1.73. The second-order valence-electron chi connectivity index (χ2n) is 7.25. The first-order chi connectivity index (χ1) is 14.3. The van der Waals surface area contributed by atoms with Gasteiger partial charge >= 0.3 is 0 Å². The maximum absolute atomic E-state index is 12.6. The number of thiophene rings is 2. The van der Waals surface area contributed by atoms with Gasteiger partial charge in [0.25, 0.3) is 17.1 Å². The van der Waals surface area contributed by atoms with Crippen molar-refractivity contribution in [1.82, 2.24) is 4.90 Å². The first-order valence-corrected chi connectivity index (χ1v) is 11.9. The Hall–Kier alpha value is -2.43. The van der Waals surface area contributed by atoms with E-state index in [4.69, 9.17) is 5.73 Å². The van der Waals surface area contributed by atoms with Crippen LogP contribution >= 0.6 is 34.4 Å². The summed E-state index contributed by atoms with van der Waals surface area (Å²) in [7, 11) is 0. The van der Waals surface area contributed by atoms with Gasteiger partial charge in [0.1, 0.15) is 11.5 Å². The van der Waals surface area contributed by atoms with Crippen LogP contribution in [0.4, 0.5) is 9.80 Å². The Bertz CT molecular complexity index is 1070. The van der Waals surface area contributed by atoms with Crippen molar-refractivity contribution in [2.75, 3.05) is 11.9 Å². The molecular formula is C20H19N3O4S3. The number of thioether (sulfide) groups is 1. The number of carbonyl (C=O) groups excluding carboxylic acids is 4. The fourth-order valence-electron chi connectivity index (χ4n) is 3.55. The molecule has 2 aliphatic rings. The van der Waals surface area contributed by atoms with Gasteiger partial charge < -0.3 is 11.1 Å². The van der Waals surface area contributed by atoms with E-state index < -0.39 is 29.5 Å². The minimum Gasteiger partial charge on any atom is -0.365 e. The molecule has 0 radical (unpaired) electrons. The third-order valence-electron chi connectivity index (χ3n) is 5.00. The zero-order chi connectivity index (χ0) is 21.4. The lowest BCUT2D eigenvalue weighted by molar-refractivity contribution is -0.127. The number of nitrogens with two attached hydrogens (primary N) is 1. The lowest BCUT2D eigenvalue weighted by Gasteiger charge is -2.18. The largest absolute Gasteiger partial charge is 0.365 e. The van der Waals surface area contributed by atoms with E-state index in [2.05, 4.69) is 12.2 Å². The van der Waals surface area contributed by atoms with Gasteiger partial charge in [0.05, 0.1) is 10.5 Å². The van der Waals surface area contributed by atoms with Crippen LogP contribution in [0.2, 0.25) is 0 Å². The number of primary amides is 1. The van der Waals surface area contributed by atoms with Crippen LogP contribution in [0, 0.1) is 5.92 Å². The number of imide groups is 1. The van der Waals surface area contributed by atoms with Gasteiger partial charge in [-0.3, -0.25) is 24.1 Å². The molecule has 7 nitrogen and oxygen atoms in total. The number of fused-ring (bicyclic) bond motifs is 1. The Balaban J connectivity index is 1.50. The van der Waals surface area contributed by atoms with Gasteiger partial charge in [-0.25, -0.2) is 0 Å². The summed E-state index contributed by atoms with van der Waals surface area (Å²) in [5.74, 6) is -1.11. The highest BCUT2D eigenvalue weighted by atomic mass is 32.2. The molecule has 4 rings (SSSR count). The van der Waals surface area contributed by atoms with Crippen molar-refractivity contribution in [2.24, 2.45) is 11.7 Å². The van der Waals surface area contributed by atoms with E-state index in [1.165, 1.54) is 22.7 Å². The van der Waals surface area contributed by atoms with Crippen molar-refractivity contribution in [3.05, 3.63) is 43.3 Å². The zero-order valence-corrected chi connectivity index (χ0v) is 18.5. The van der Waals surface area contributed by atoms with Gasteiger partial charge in [-0.05, 0) is 60.0 Å². The maximum atomic E-state index is 12.6. The molecule has 0 spiro atoms. The SMILES string of the molecule is C[C@H]1CCc2c(sc(NC(=O)CN3C(=O)S/C(=C/c4cccs4)C3=O)c2C(N)=O)C1. The third-order valence-corrected chi connectivity index (χ3v) is 7.90. The van der Waals surface area contributed by atoms with Crippen LogP contribution in [-0.2, 0) is 22.4 Å². The second kappa shape index (κ2) is 8.37. The molecule has 156 valence electrons. The van der Waals surface area contributed by atoms with Gasteiger partial charge in [-0.2, -0.15) is 0 Å². The van der Waals surface area contributed by atoms with Crippen molar-refractivity contribution in [1.29, 1.82) is 0 Å². The maximum Gasteiger partial charge on any atom is 0.294 e. The molecule has 1 aliphatic heterocycles. The number of hydrogen-bond donors (Lipinski definition) is 2. The van der Waals surface area contributed by atoms with E-state index in [0.717, 1.165) is 51.2 Å². The summed E-state index contributed by atoms with van der Waals surface area (Å²) in [6.07, 6.45) is 4.20. The first kappa shape index (κ1) is 20.8. The molecule has 1 fully saturated rings. The summed E-state index contributed by atoms with van der Waals surface area (Å²) in [4.78, 5) is 52.6. The van der Waals surface area contributed by atoms with Gasteiger partial charge in [0.15, 0.2) is 0 Å². The van der Waals surface area contributed by atoms with E-state index in [1.807, 2.05) is 17.5 Å². The number of amides is 4. The van der Waals surface area contributed by atoms with Crippen LogP contribution in [0.15, 0.2) is 22.4 Å². The zero-order valence-electron chi connectivity index (χ0n) is 16.1. The van der Waals surface area contributed by atoms with Crippen LogP contribution in [-0.4, -0.2) is 34.4 Å². The number of anilines is 1. The van der Waals surface area contributed by atoms with Crippen LogP contribution in [0.5, 0.6) is 0 Å². The molecule has 3 N–H and O–H groups in total. The highest BCUT2D eigenvalue weighted by molar-refractivity contribution is 8.18. The van der Waals surface area contributed by atoms with Crippen molar-refractivity contribution < 1.29 is 19.2 Å². The molecular weight excluding hydrogens is 442 g/mol. The predicted molar refractivity (Wildman–Crippen MR) is 120 cm³/mol. The van der Waals surface area contributed by atoms with E-state index in [-0.39, 0.29) is 4.91 Å². The smallest absolute Gasteiger partial charge is 0.294 e. The summed E-state index contributed by atoms with van der Waals surface area (Å²) >= 11 is 3.62. The number of nitrogens with zero attached hydrogens (tertiary/aromatic N) is 1. The number of hydrogen-bond acceptors (Lipinski definition) is 7. The van der Waals surface area contributed by atoms with Crippen molar-refractivity contribution in [3.8, 4) is 0 Å². The lowest BCUT2D eigenvalue weighted by Crippen LogP contribution is -2.36. The minimum absolute atomic E-state index is 0.286. The van der Waals surface area contributed by atoms with E-state index in [0.29, 0.717) is 16.5 Å². The van der Waals surface area contributed by atoms with Gasteiger partial charge in [0, 0.05) is 9.75 Å². The van der Waals surface area contributed by atoms with Crippen LogP contribution in [0.3, 0.4) is 0 Å². The Labute approximate surface area is 185 Å². The molecule has 0 aromatic carbocycles. The predicted octanol–water partition coefficient (Wildman–Crippen LogP) is 3.71. The summed E-state index contributed by atoms with van der Waals surface area (Å²) in [6, 6.07) is 3.70. The Morgan fingerprint density at radius 3 is 2.87 bits per heavy atom. The average molecular weight is 462 g/mol. The quantitative estimate of drug-likeness (QED) is 0.660. The van der Waals surface area contributed by atoms with E-state index in [9.17, 15) is 19.2 Å². The highest BCUT2D eigenvalue weighted by Crippen LogP contribution is 2.39. The van der Waals surface area contributed by atoms with Crippen LogP contribution in [0.1, 0.15) is 39.0 Å². The molecule has 1 aliphatic carbocycles. The molecule has 4 amide bonds. The Morgan fingerprint density at radius 2 is 2.17 bits per heavy atom. The second-order valence-corrected chi connectivity index (χ2v) is 10.3. The molecule has 1 atom stereocenters. The summed E-state index contributed by atoms with van der Waals surface area (Å²) in [5.41, 5.74) is 6.83. The summed E-state index contributed by atoms with van der Waals surface area (Å²) in [5, 5.41) is 4.48. The van der Waals surface area contributed by atoms with Crippen molar-refractivity contribution >= 4 is 68.5 Å². The highest BCUT2D eigenvalue weighted by Gasteiger charge is 2.37. The van der Waals surface area contributed by atoms with E-state index in [1.54, 1.807) is 6.08 Å². The molecule has 2 aromatic heterocycles. The summed E-state index contributed by atoms with van der Waals surface area (Å²) < 4.78 is 0. The molecule has 2 aromatic rings. The van der Waals surface area contributed by atoms with Crippen molar-refractivity contribution in [2.45, 2.75) is 26.2 Å². The van der Waals surface area contributed by atoms with Crippen molar-refractivity contribution in [3.63, 3.8) is 0 Å². The molecule has 0 unspecified atom stereocenters. The monoisotopic (exact) mass is 461 g/mol. The normalized spacial score (nSPS) is 20.0. The Kier molecular flexibility index (Phi) is 5.81. The standard InChI is InChI=1S/C20H19N3O4S3/c1-10-4-5-12-13(7-10)29-18(16(12)17(21)25)22-15(24)9-23-19(26)14(30-20(23)27)8-11-3-2-6-28-11/h2-3,6,8,10H,4-5,7,9H2,1H3,(H2,21,25)(H,22,24)/b14-8+/t10-/m0/s1. The molecule has 0 saturated carbocycles. The average Bonchev–Trinajstić information content (AvgIpc) is 3.37. The number of rotatable bonds is 5. The fraction of sp³-hybridized carbons (Fsp3) is 0.300. The molecule has 10 heteroatoms. The molecule has 0 bridgehead atoms. The van der Waals surface area contributed by atoms with Crippen LogP contribution in [0.25, 0.3) is 6.08 Å². The van der Waals surface area contributed by atoms with Gasteiger partial charge in [-0.1, -0.05) is 13.0 Å². The molecule has 1 saturated heterocycles. The minimum atomic E-state index is -0.581. The molecule has 3 heterocycles. The number of carbonyl (C=O) groups is 4. The lowest BCUT2D eigenvalue weighted by atomic mass is 9.88. The van der Waals surface area contributed by atoms with Crippen LogP contribution < -0.4 is 11.1 Å². The molecule has 30 heavy (non-hydrogen) atoms.